The van der Waals surface area contributed by atoms with Gasteiger partial charge in [0, 0.05) is 23.7 Å². The Morgan fingerprint density at radius 3 is 2.86 bits per heavy atom. The zero-order valence-corrected chi connectivity index (χ0v) is 11.7. The fraction of sp³-hybridized carbons (Fsp3) is 0.214. The molecule has 1 aliphatic rings. The standard InChI is InChI=1S/C14H10N4O2S/c19-12-7-21-6-9(12)14-17-13(18-20-14)8-1-2-10-11(5-8)16-4-3-15-10/h1-5,9H,6-7H2. The first-order valence-electron chi connectivity index (χ1n) is 6.46. The zero-order valence-electron chi connectivity index (χ0n) is 10.9. The third kappa shape index (κ3) is 2.19. The Balaban J connectivity index is 1.72. The summed E-state index contributed by atoms with van der Waals surface area (Å²) in [6.07, 6.45) is 3.29. The van der Waals surface area contributed by atoms with E-state index in [9.17, 15) is 4.79 Å². The Morgan fingerprint density at radius 2 is 2.05 bits per heavy atom. The van der Waals surface area contributed by atoms with Crippen LogP contribution in [0.4, 0.5) is 0 Å². The van der Waals surface area contributed by atoms with Gasteiger partial charge in [0.1, 0.15) is 5.92 Å². The van der Waals surface area contributed by atoms with Crippen LogP contribution in [0.1, 0.15) is 11.8 Å². The molecule has 0 bridgehead atoms. The third-order valence-electron chi connectivity index (χ3n) is 3.38. The van der Waals surface area contributed by atoms with Gasteiger partial charge in [0.2, 0.25) is 11.7 Å². The molecule has 21 heavy (non-hydrogen) atoms. The predicted molar refractivity (Wildman–Crippen MR) is 77.9 cm³/mol. The molecule has 0 spiro atoms. The molecule has 6 nitrogen and oxygen atoms in total. The van der Waals surface area contributed by atoms with E-state index >= 15 is 0 Å². The Bertz CT molecular complexity index is 832. The number of rotatable bonds is 2. The number of carbonyl (C=O) groups is 1. The lowest BCUT2D eigenvalue weighted by atomic mass is 10.1. The lowest BCUT2D eigenvalue weighted by molar-refractivity contribution is -0.117. The van der Waals surface area contributed by atoms with Crippen molar-refractivity contribution in [2.24, 2.45) is 0 Å². The Morgan fingerprint density at radius 1 is 1.19 bits per heavy atom. The van der Waals surface area contributed by atoms with Gasteiger partial charge in [-0.1, -0.05) is 5.16 Å². The van der Waals surface area contributed by atoms with Gasteiger partial charge in [0.25, 0.3) is 0 Å². The number of hydrogen-bond acceptors (Lipinski definition) is 7. The highest BCUT2D eigenvalue weighted by atomic mass is 32.2. The van der Waals surface area contributed by atoms with E-state index in [0.29, 0.717) is 23.2 Å². The van der Waals surface area contributed by atoms with Crippen LogP contribution in [0.2, 0.25) is 0 Å². The van der Waals surface area contributed by atoms with Crippen molar-refractivity contribution in [2.45, 2.75) is 5.92 Å². The molecule has 0 aliphatic carbocycles. The van der Waals surface area contributed by atoms with Crippen LogP contribution in [0.3, 0.4) is 0 Å². The number of nitrogens with zero attached hydrogens (tertiary/aromatic N) is 4. The molecular weight excluding hydrogens is 288 g/mol. The highest BCUT2D eigenvalue weighted by molar-refractivity contribution is 8.00. The molecule has 0 radical (unpaired) electrons. The number of thioether (sulfide) groups is 1. The molecule has 1 fully saturated rings. The smallest absolute Gasteiger partial charge is 0.238 e. The number of benzene rings is 1. The normalized spacial score (nSPS) is 18.5. The van der Waals surface area contributed by atoms with E-state index in [4.69, 9.17) is 4.52 Å². The van der Waals surface area contributed by atoms with Crippen molar-refractivity contribution in [1.29, 1.82) is 0 Å². The van der Waals surface area contributed by atoms with Gasteiger partial charge in [0.15, 0.2) is 5.78 Å². The van der Waals surface area contributed by atoms with E-state index in [1.807, 2.05) is 18.2 Å². The maximum absolute atomic E-state index is 11.7. The van der Waals surface area contributed by atoms with Gasteiger partial charge in [-0.2, -0.15) is 16.7 Å². The highest BCUT2D eigenvalue weighted by Gasteiger charge is 2.31. The minimum absolute atomic E-state index is 0.152. The van der Waals surface area contributed by atoms with Crippen LogP contribution in [0.25, 0.3) is 22.4 Å². The summed E-state index contributed by atoms with van der Waals surface area (Å²) < 4.78 is 5.25. The van der Waals surface area contributed by atoms with Crippen LogP contribution < -0.4 is 0 Å². The summed E-state index contributed by atoms with van der Waals surface area (Å²) in [5.41, 5.74) is 2.39. The lowest BCUT2D eigenvalue weighted by Crippen LogP contribution is -2.09. The molecule has 1 atom stereocenters. The Labute approximate surface area is 124 Å². The first-order chi connectivity index (χ1) is 10.3. The molecule has 1 saturated heterocycles. The molecule has 3 heterocycles. The van der Waals surface area contributed by atoms with Crippen LogP contribution in [0.15, 0.2) is 35.1 Å². The molecule has 0 amide bonds. The number of fused-ring (bicyclic) bond motifs is 1. The van der Waals surface area contributed by atoms with E-state index in [-0.39, 0.29) is 11.7 Å². The minimum atomic E-state index is -0.267. The van der Waals surface area contributed by atoms with Crippen molar-refractivity contribution in [3.8, 4) is 11.4 Å². The average molecular weight is 298 g/mol. The second-order valence-electron chi connectivity index (χ2n) is 4.75. The van der Waals surface area contributed by atoms with Crippen LogP contribution >= 0.6 is 11.8 Å². The summed E-state index contributed by atoms with van der Waals surface area (Å²) >= 11 is 1.60. The average Bonchev–Trinajstić information content (AvgIpc) is 3.15. The molecule has 0 N–H and O–H groups in total. The van der Waals surface area contributed by atoms with Gasteiger partial charge in [-0.25, -0.2) is 0 Å². The summed E-state index contributed by atoms with van der Waals surface area (Å²) in [5, 5.41) is 3.98. The fourth-order valence-corrected chi connectivity index (χ4v) is 3.36. The molecule has 1 unspecified atom stereocenters. The van der Waals surface area contributed by atoms with Crippen molar-refractivity contribution in [1.82, 2.24) is 20.1 Å². The maximum atomic E-state index is 11.7. The SMILES string of the molecule is O=C1CSCC1c1nc(-c2ccc3nccnc3c2)no1. The van der Waals surface area contributed by atoms with Crippen LogP contribution in [-0.2, 0) is 4.79 Å². The third-order valence-corrected chi connectivity index (χ3v) is 4.44. The van der Waals surface area contributed by atoms with E-state index in [1.54, 1.807) is 24.2 Å². The number of hydrogen-bond donors (Lipinski definition) is 0. The van der Waals surface area contributed by atoms with Crippen molar-refractivity contribution in [3.63, 3.8) is 0 Å². The Hall–Kier alpha value is -2.28. The summed E-state index contributed by atoms with van der Waals surface area (Å²) in [5.74, 6) is 2.00. The van der Waals surface area contributed by atoms with Gasteiger partial charge in [-0.3, -0.25) is 14.8 Å². The quantitative estimate of drug-likeness (QED) is 0.716. The number of carbonyl (C=O) groups excluding carboxylic acids is 1. The van der Waals surface area contributed by atoms with E-state index in [0.717, 1.165) is 16.6 Å². The molecule has 1 aromatic carbocycles. The second-order valence-corrected chi connectivity index (χ2v) is 5.78. The molecule has 4 rings (SSSR count). The van der Waals surface area contributed by atoms with Gasteiger partial charge < -0.3 is 4.52 Å². The van der Waals surface area contributed by atoms with E-state index in [2.05, 4.69) is 20.1 Å². The van der Waals surface area contributed by atoms with Crippen molar-refractivity contribution in [2.75, 3.05) is 11.5 Å². The predicted octanol–water partition coefficient (Wildman–Crippen LogP) is 2.08. The molecule has 0 saturated carbocycles. The molecule has 7 heteroatoms. The van der Waals surface area contributed by atoms with Crippen LogP contribution in [-0.4, -0.2) is 37.4 Å². The van der Waals surface area contributed by atoms with Crippen molar-refractivity contribution >= 4 is 28.6 Å². The molecule has 1 aliphatic heterocycles. The molecular formula is C14H10N4O2S. The van der Waals surface area contributed by atoms with Crippen LogP contribution in [0.5, 0.6) is 0 Å². The second kappa shape index (κ2) is 4.92. The molecule has 2 aromatic heterocycles. The minimum Gasteiger partial charge on any atom is -0.338 e. The highest BCUT2D eigenvalue weighted by Crippen LogP contribution is 2.30. The fourth-order valence-electron chi connectivity index (χ4n) is 2.28. The van der Waals surface area contributed by atoms with Crippen molar-refractivity contribution < 1.29 is 9.32 Å². The first kappa shape index (κ1) is 12.5. The number of ketones is 1. The number of aromatic nitrogens is 4. The summed E-state index contributed by atoms with van der Waals surface area (Å²) in [4.78, 5) is 24.6. The van der Waals surface area contributed by atoms with Crippen LogP contribution in [0, 0.1) is 0 Å². The largest absolute Gasteiger partial charge is 0.338 e. The maximum Gasteiger partial charge on any atom is 0.238 e. The summed E-state index contributed by atoms with van der Waals surface area (Å²) in [6, 6.07) is 5.60. The van der Waals surface area contributed by atoms with E-state index < -0.39 is 0 Å². The van der Waals surface area contributed by atoms with Crippen molar-refractivity contribution in [3.05, 3.63) is 36.5 Å². The molecule has 104 valence electrons. The first-order valence-corrected chi connectivity index (χ1v) is 7.62. The van der Waals surface area contributed by atoms with Gasteiger partial charge >= 0.3 is 0 Å². The topological polar surface area (TPSA) is 81.8 Å². The zero-order chi connectivity index (χ0) is 14.2. The summed E-state index contributed by atoms with van der Waals surface area (Å²) in [7, 11) is 0. The number of Topliss-reactive ketones (excluding diaryl/α,β-unsaturated/α-hetero) is 1. The Kier molecular flexibility index (Phi) is 2.92. The van der Waals surface area contributed by atoms with Gasteiger partial charge in [-0.15, -0.1) is 0 Å². The monoisotopic (exact) mass is 298 g/mol. The van der Waals surface area contributed by atoms with E-state index in [1.165, 1.54) is 0 Å². The summed E-state index contributed by atoms with van der Waals surface area (Å²) in [6.45, 7) is 0. The lowest BCUT2D eigenvalue weighted by Gasteiger charge is -1.98. The van der Waals surface area contributed by atoms with Gasteiger partial charge in [-0.05, 0) is 18.2 Å². The molecule has 3 aromatic rings. The van der Waals surface area contributed by atoms with Gasteiger partial charge in [0.05, 0.1) is 16.8 Å².